The Balaban J connectivity index is 4.63. The Hall–Kier alpha value is -0.643. The van der Waals surface area contributed by atoms with Crippen molar-refractivity contribution in [3.05, 3.63) is 0 Å². The van der Waals surface area contributed by atoms with E-state index in [1.807, 2.05) is 0 Å². The third-order valence-corrected chi connectivity index (χ3v) is 5.19. The number of nitrogens with zero attached hydrogens (tertiary/aromatic N) is 1. The van der Waals surface area contributed by atoms with Crippen molar-refractivity contribution in [3.63, 3.8) is 0 Å². The number of ether oxygens (including phenoxy) is 3. The highest BCUT2D eigenvalue weighted by Gasteiger charge is 2.41. The van der Waals surface area contributed by atoms with Gasteiger partial charge in [0.1, 0.15) is 0 Å². The van der Waals surface area contributed by atoms with Crippen molar-refractivity contribution in [1.82, 2.24) is 0 Å². The molecule has 0 heterocycles. The number of carbonyl (C=O) groups excluding carboxylic acids is 1. The van der Waals surface area contributed by atoms with Crippen LogP contribution < -0.4 is 0 Å². The summed E-state index contributed by atoms with van der Waals surface area (Å²) in [6.45, 7) is 2.53. The van der Waals surface area contributed by atoms with Gasteiger partial charge in [-0.05, 0) is 0 Å². The van der Waals surface area contributed by atoms with E-state index in [-0.39, 0.29) is 6.54 Å². The van der Waals surface area contributed by atoms with Gasteiger partial charge < -0.3 is 27.5 Å². The zero-order chi connectivity index (χ0) is 15.8. The highest BCUT2D eigenvalue weighted by Crippen LogP contribution is 2.16. The average molecular weight is 323 g/mol. The van der Waals surface area contributed by atoms with Gasteiger partial charge in [-0.3, -0.25) is 0 Å². The lowest BCUT2D eigenvalue weighted by Crippen LogP contribution is -2.48. The molecule has 9 heteroatoms. The molecule has 0 aliphatic heterocycles. The van der Waals surface area contributed by atoms with E-state index in [0.717, 1.165) is 0 Å². The lowest BCUT2D eigenvalue weighted by molar-refractivity contribution is 0.0150. The van der Waals surface area contributed by atoms with E-state index in [1.165, 1.54) is 6.08 Å². The Labute approximate surface area is 126 Å². The maximum Gasteiger partial charge on any atom is 0.503 e. The van der Waals surface area contributed by atoms with Crippen LogP contribution in [0.15, 0.2) is 4.99 Å². The maximum atomic E-state index is 10.2. The quantitative estimate of drug-likeness (QED) is 0.185. The lowest BCUT2D eigenvalue weighted by atomic mass is 10.8. The summed E-state index contributed by atoms with van der Waals surface area (Å²) in [6, 6.07) is 0.388. The second-order valence-electron chi connectivity index (χ2n) is 3.93. The fourth-order valence-corrected chi connectivity index (χ4v) is 3.67. The SMILES string of the molecule is COCCO[Si](CCN=C=O)(OCCOC)OCCOC. The van der Waals surface area contributed by atoms with Crippen LogP contribution in [0.5, 0.6) is 0 Å². The van der Waals surface area contributed by atoms with E-state index >= 15 is 0 Å². The summed E-state index contributed by atoms with van der Waals surface area (Å²) >= 11 is 0. The van der Waals surface area contributed by atoms with Gasteiger partial charge in [0.05, 0.1) is 46.2 Å². The third kappa shape index (κ3) is 10.7. The predicted octanol–water partition coefficient (Wildman–Crippen LogP) is 0.250. The molecular weight excluding hydrogens is 298 g/mol. The summed E-state index contributed by atoms with van der Waals surface area (Å²) in [5.74, 6) is 0. The van der Waals surface area contributed by atoms with Gasteiger partial charge in [0.2, 0.25) is 6.08 Å². The van der Waals surface area contributed by atoms with Crippen LogP contribution in [0.1, 0.15) is 0 Å². The Morgan fingerprint density at radius 2 is 1.24 bits per heavy atom. The van der Waals surface area contributed by atoms with E-state index < -0.39 is 8.80 Å². The summed E-state index contributed by atoms with van der Waals surface area (Å²) in [7, 11) is 1.80. The van der Waals surface area contributed by atoms with Crippen LogP contribution in [0.25, 0.3) is 0 Å². The number of rotatable bonds is 15. The molecule has 0 fully saturated rings. The van der Waals surface area contributed by atoms with Gasteiger partial charge in [0, 0.05) is 27.4 Å². The molecule has 0 aromatic rings. The molecule has 0 aliphatic rings. The fraction of sp³-hybridized carbons (Fsp3) is 0.917. The molecule has 124 valence electrons. The fourth-order valence-electron chi connectivity index (χ4n) is 1.42. The van der Waals surface area contributed by atoms with Crippen LogP contribution in [-0.2, 0) is 32.3 Å². The smallest absolute Gasteiger partial charge is 0.382 e. The first-order valence-electron chi connectivity index (χ1n) is 6.67. The molecule has 0 aromatic heterocycles. The van der Waals surface area contributed by atoms with Crippen molar-refractivity contribution in [3.8, 4) is 0 Å². The number of aliphatic imine (C=N–C) groups is 1. The van der Waals surface area contributed by atoms with Gasteiger partial charge >= 0.3 is 8.80 Å². The van der Waals surface area contributed by atoms with E-state index in [4.69, 9.17) is 27.5 Å². The molecule has 8 nitrogen and oxygen atoms in total. The minimum atomic E-state index is -2.96. The van der Waals surface area contributed by atoms with Crippen molar-refractivity contribution in [2.75, 3.05) is 67.5 Å². The van der Waals surface area contributed by atoms with Crippen LogP contribution >= 0.6 is 0 Å². The van der Waals surface area contributed by atoms with E-state index in [0.29, 0.717) is 45.7 Å². The summed E-state index contributed by atoms with van der Waals surface area (Å²) in [6.07, 6.45) is 1.50. The van der Waals surface area contributed by atoms with E-state index in [1.54, 1.807) is 21.3 Å². The number of isocyanates is 1. The Morgan fingerprint density at radius 1 is 0.810 bits per heavy atom. The number of methoxy groups -OCH3 is 3. The monoisotopic (exact) mass is 323 g/mol. The molecule has 0 aliphatic carbocycles. The molecule has 0 saturated carbocycles. The Kier molecular flexibility index (Phi) is 13.9. The molecule has 0 unspecified atom stereocenters. The van der Waals surface area contributed by atoms with Gasteiger partial charge in [-0.15, -0.1) is 0 Å². The predicted molar refractivity (Wildman–Crippen MR) is 77.0 cm³/mol. The van der Waals surface area contributed by atoms with Crippen molar-refractivity contribution in [2.24, 2.45) is 4.99 Å². The van der Waals surface area contributed by atoms with Crippen molar-refractivity contribution >= 4 is 14.9 Å². The second-order valence-corrected chi connectivity index (χ2v) is 6.66. The molecule has 0 amide bonds. The Morgan fingerprint density at radius 3 is 1.57 bits per heavy atom. The highest BCUT2D eigenvalue weighted by atomic mass is 28.4. The minimum absolute atomic E-state index is 0.239. The molecule has 0 atom stereocenters. The molecule has 0 radical (unpaired) electrons. The average Bonchev–Trinajstić information content (AvgIpc) is 2.48. The number of hydrogen-bond donors (Lipinski definition) is 0. The molecular formula is C12H25NO7Si. The molecule has 0 rings (SSSR count). The van der Waals surface area contributed by atoms with Gasteiger partial charge in [-0.1, -0.05) is 0 Å². The van der Waals surface area contributed by atoms with E-state index in [9.17, 15) is 4.79 Å². The minimum Gasteiger partial charge on any atom is -0.382 e. The van der Waals surface area contributed by atoms with Crippen molar-refractivity contribution in [2.45, 2.75) is 6.04 Å². The van der Waals surface area contributed by atoms with Crippen LogP contribution in [0.3, 0.4) is 0 Å². The van der Waals surface area contributed by atoms with Crippen LogP contribution in [0.4, 0.5) is 0 Å². The molecule has 0 N–H and O–H groups in total. The zero-order valence-corrected chi connectivity index (χ0v) is 14.0. The van der Waals surface area contributed by atoms with Gasteiger partial charge in [0.15, 0.2) is 0 Å². The van der Waals surface area contributed by atoms with Crippen molar-refractivity contribution in [1.29, 1.82) is 0 Å². The lowest BCUT2D eigenvalue weighted by Gasteiger charge is -2.29. The van der Waals surface area contributed by atoms with E-state index in [2.05, 4.69) is 4.99 Å². The summed E-state index contributed by atoms with van der Waals surface area (Å²) < 4.78 is 32.2. The van der Waals surface area contributed by atoms with Gasteiger partial charge in [-0.25, -0.2) is 9.79 Å². The standard InChI is InChI=1S/C12H25NO7Si/c1-15-5-8-18-21(11-4-13-12-14,19-9-6-16-2)20-10-7-17-3/h4-11H2,1-3H3. The van der Waals surface area contributed by atoms with Gasteiger partial charge in [-0.2, -0.15) is 0 Å². The van der Waals surface area contributed by atoms with Gasteiger partial charge in [0.25, 0.3) is 0 Å². The topological polar surface area (TPSA) is 84.8 Å². The molecule has 0 spiro atoms. The van der Waals surface area contributed by atoms with Crippen LogP contribution in [0.2, 0.25) is 6.04 Å². The molecule has 0 aromatic carbocycles. The summed E-state index contributed by atoms with van der Waals surface area (Å²) in [5.41, 5.74) is 0. The first-order valence-corrected chi connectivity index (χ1v) is 8.60. The largest absolute Gasteiger partial charge is 0.503 e. The second kappa shape index (κ2) is 14.3. The third-order valence-electron chi connectivity index (χ3n) is 2.42. The first kappa shape index (κ1) is 20.4. The number of hydrogen-bond acceptors (Lipinski definition) is 8. The van der Waals surface area contributed by atoms with Crippen molar-refractivity contribution < 1.29 is 32.3 Å². The van der Waals surface area contributed by atoms with Crippen LogP contribution in [0, 0.1) is 0 Å². The zero-order valence-electron chi connectivity index (χ0n) is 13.0. The summed E-state index contributed by atoms with van der Waals surface area (Å²) in [4.78, 5) is 13.7. The first-order chi connectivity index (χ1) is 10.2. The Bertz CT molecular complexity index is 260. The highest BCUT2D eigenvalue weighted by molar-refractivity contribution is 6.60. The molecule has 21 heavy (non-hydrogen) atoms. The summed E-state index contributed by atoms with van der Waals surface area (Å²) in [5, 5.41) is 0. The molecule has 0 saturated heterocycles. The van der Waals surface area contributed by atoms with Crippen LogP contribution in [-0.4, -0.2) is 82.4 Å². The molecule has 0 bridgehead atoms. The maximum absolute atomic E-state index is 10.2. The normalized spacial score (nSPS) is 11.4.